The molecule has 2 heterocycles. The summed E-state index contributed by atoms with van der Waals surface area (Å²) >= 11 is 0. The summed E-state index contributed by atoms with van der Waals surface area (Å²) in [5, 5.41) is 7.65. The summed E-state index contributed by atoms with van der Waals surface area (Å²) in [6.45, 7) is 3.67. The molecule has 1 unspecified atom stereocenters. The lowest BCUT2D eigenvalue weighted by molar-refractivity contribution is 0.414. The number of aliphatic imine (C=N–C) groups is 1. The first kappa shape index (κ1) is 19.6. The van der Waals surface area contributed by atoms with Gasteiger partial charge in [-0.2, -0.15) is 5.10 Å². The van der Waals surface area contributed by atoms with Crippen LogP contribution in [-0.2, 0) is 6.54 Å². The van der Waals surface area contributed by atoms with Crippen LogP contribution >= 0.6 is 24.0 Å². The minimum absolute atomic E-state index is 0. The Hall–Kier alpha value is -1.77. The third-order valence-corrected chi connectivity index (χ3v) is 4.47. The number of methoxy groups -OCH3 is 1. The number of rotatable bonds is 5. The fraction of sp³-hybridized carbons (Fsp3) is 0.444. The Bertz CT molecular complexity index is 657. The molecular formula is C18H26IN5O. The highest BCUT2D eigenvalue weighted by Crippen LogP contribution is 2.28. The van der Waals surface area contributed by atoms with Gasteiger partial charge < -0.3 is 15.0 Å². The van der Waals surface area contributed by atoms with Crippen molar-refractivity contribution >= 4 is 29.9 Å². The van der Waals surface area contributed by atoms with Crippen molar-refractivity contribution in [3.05, 3.63) is 48.3 Å². The van der Waals surface area contributed by atoms with Crippen molar-refractivity contribution in [3.8, 4) is 5.75 Å². The molecule has 0 aliphatic carbocycles. The lowest BCUT2D eigenvalue weighted by atomic mass is 9.98. The summed E-state index contributed by atoms with van der Waals surface area (Å²) in [7, 11) is 3.54. The number of nitrogens with zero attached hydrogens (tertiary/aromatic N) is 4. The Labute approximate surface area is 166 Å². The quantitative estimate of drug-likeness (QED) is 0.428. The zero-order valence-electron chi connectivity index (χ0n) is 14.8. The van der Waals surface area contributed by atoms with Crippen molar-refractivity contribution in [2.75, 3.05) is 33.8 Å². The van der Waals surface area contributed by atoms with E-state index >= 15 is 0 Å². The number of hydrogen-bond donors (Lipinski definition) is 1. The van der Waals surface area contributed by atoms with Crippen molar-refractivity contribution in [3.63, 3.8) is 0 Å². The molecule has 1 aliphatic heterocycles. The molecule has 0 radical (unpaired) electrons. The van der Waals surface area contributed by atoms with Gasteiger partial charge in [0.2, 0.25) is 0 Å². The molecular weight excluding hydrogens is 429 g/mol. The molecule has 6 nitrogen and oxygen atoms in total. The first-order valence-corrected chi connectivity index (χ1v) is 8.37. The number of guanidine groups is 1. The van der Waals surface area contributed by atoms with Crippen LogP contribution in [0.2, 0.25) is 0 Å². The number of ether oxygens (including phenoxy) is 1. The topological polar surface area (TPSA) is 54.7 Å². The molecule has 25 heavy (non-hydrogen) atoms. The van der Waals surface area contributed by atoms with Gasteiger partial charge in [-0.1, -0.05) is 12.1 Å². The largest absolute Gasteiger partial charge is 0.497 e. The minimum Gasteiger partial charge on any atom is -0.497 e. The molecule has 0 saturated carbocycles. The van der Waals surface area contributed by atoms with Crippen LogP contribution in [0.5, 0.6) is 5.75 Å². The second kappa shape index (κ2) is 9.65. The molecule has 2 aromatic rings. The van der Waals surface area contributed by atoms with E-state index in [1.165, 1.54) is 5.56 Å². The first-order valence-electron chi connectivity index (χ1n) is 8.37. The molecule has 1 saturated heterocycles. The van der Waals surface area contributed by atoms with E-state index in [9.17, 15) is 0 Å². The summed E-state index contributed by atoms with van der Waals surface area (Å²) in [5.41, 5.74) is 1.37. The summed E-state index contributed by atoms with van der Waals surface area (Å²) in [4.78, 5) is 6.76. The zero-order chi connectivity index (χ0) is 16.8. The number of aromatic nitrogens is 2. The van der Waals surface area contributed by atoms with Crippen molar-refractivity contribution in [1.82, 2.24) is 20.0 Å². The molecule has 1 aromatic heterocycles. The highest BCUT2D eigenvalue weighted by atomic mass is 127. The molecule has 0 amide bonds. The average Bonchev–Trinajstić information content (AvgIpc) is 3.31. The lowest BCUT2D eigenvalue weighted by Gasteiger charge is -2.22. The molecule has 1 aliphatic rings. The van der Waals surface area contributed by atoms with Crippen molar-refractivity contribution in [2.45, 2.75) is 18.9 Å². The van der Waals surface area contributed by atoms with Crippen LogP contribution < -0.4 is 10.1 Å². The van der Waals surface area contributed by atoms with E-state index in [1.807, 2.05) is 36.1 Å². The number of hydrogen-bond acceptors (Lipinski definition) is 3. The maximum Gasteiger partial charge on any atom is 0.193 e. The fourth-order valence-corrected chi connectivity index (χ4v) is 3.15. The maximum absolute atomic E-state index is 5.24. The van der Waals surface area contributed by atoms with Crippen LogP contribution in [-0.4, -0.2) is 54.4 Å². The van der Waals surface area contributed by atoms with Gasteiger partial charge in [-0.05, 0) is 30.2 Å². The van der Waals surface area contributed by atoms with Crippen LogP contribution in [0, 0.1) is 0 Å². The summed E-state index contributed by atoms with van der Waals surface area (Å²) in [6.07, 6.45) is 4.92. The van der Waals surface area contributed by atoms with E-state index in [-0.39, 0.29) is 24.0 Å². The number of benzene rings is 1. The van der Waals surface area contributed by atoms with Crippen LogP contribution in [0.15, 0.2) is 47.7 Å². The van der Waals surface area contributed by atoms with Crippen molar-refractivity contribution in [2.24, 2.45) is 4.99 Å². The van der Waals surface area contributed by atoms with Crippen molar-refractivity contribution < 1.29 is 4.74 Å². The van der Waals surface area contributed by atoms with Crippen LogP contribution in [0.25, 0.3) is 0 Å². The second-order valence-electron chi connectivity index (χ2n) is 5.95. The molecule has 136 valence electrons. The molecule has 1 fully saturated rings. The molecule has 0 spiro atoms. The van der Waals surface area contributed by atoms with E-state index in [1.54, 1.807) is 13.3 Å². The van der Waals surface area contributed by atoms with E-state index in [0.717, 1.165) is 44.3 Å². The number of nitrogens with one attached hydrogen (secondary N) is 1. The Kier molecular flexibility index (Phi) is 7.54. The van der Waals surface area contributed by atoms with E-state index in [0.29, 0.717) is 5.92 Å². The highest BCUT2D eigenvalue weighted by molar-refractivity contribution is 14.0. The predicted molar refractivity (Wildman–Crippen MR) is 111 cm³/mol. The molecule has 3 rings (SSSR count). The van der Waals surface area contributed by atoms with Gasteiger partial charge in [0.15, 0.2) is 5.96 Å². The maximum atomic E-state index is 5.24. The molecule has 0 bridgehead atoms. The van der Waals surface area contributed by atoms with E-state index in [2.05, 4.69) is 32.4 Å². The average molecular weight is 455 g/mol. The van der Waals surface area contributed by atoms with Crippen LogP contribution in [0.3, 0.4) is 0 Å². The number of halogens is 1. The van der Waals surface area contributed by atoms with E-state index in [4.69, 9.17) is 4.74 Å². The van der Waals surface area contributed by atoms with E-state index < -0.39 is 0 Å². The Morgan fingerprint density at radius 2 is 2.16 bits per heavy atom. The summed E-state index contributed by atoms with van der Waals surface area (Å²) in [5.74, 6) is 2.42. The van der Waals surface area contributed by atoms with Gasteiger partial charge >= 0.3 is 0 Å². The van der Waals surface area contributed by atoms with Gasteiger partial charge in [-0.3, -0.25) is 9.67 Å². The third-order valence-electron chi connectivity index (χ3n) is 4.47. The standard InChI is InChI=1S/C18H25N5O.HI/c1-19-18(20-10-13-23-11-3-9-21-23)22-12-8-16(14-22)15-4-6-17(24-2)7-5-15;/h3-7,9,11,16H,8,10,12-14H2,1-2H3,(H,19,20);1H. The molecule has 1 N–H and O–H groups in total. The van der Waals surface area contributed by atoms with Gasteiger partial charge in [0.05, 0.1) is 13.7 Å². The molecule has 1 aromatic carbocycles. The highest BCUT2D eigenvalue weighted by Gasteiger charge is 2.25. The zero-order valence-corrected chi connectivity index (χ0v) is 17.1. The smallest absolute Gasteiger partial charge is 0.193 e. The van der Waals surface area contributed by atoms with Crippen LogP contribution in [0.4, 0.5) is 0 Å². The van der Waals surface area contributed by atoms with Gasteiger partial charge in [0.25, 0.3) is 0 Å². The lowest BCUT2D eigenvalue weighted by Crippen LogP contribution is -2.41. The predicted octanol–water partition coefficient (Wildman–Crippen LogP) is 2.57. The minimum atomic E-state index is 0. The van der Waals surface area contributed by atoms with Gasteiger partial charge in [0, 0.05) is 45.0 Å². The first-order chi connectivity index (χ1) is 11.8. The summed E-state index contributed by atoms with van der Waals surface area (Å²) < 4.78 is 7.16. The Balaban J connectivity index is 0.00000225. The van der Waals surface area contributed by atoms with Gasteiger partial charge in [-0.15, -0.1) is 24.0 Å². The summed E-state index contributed by atoms with van der Waals surface area (Å²) in [6, 6.07) is 10.3. The fourth-order valence-electron chi connectivity index (χ4n) is 3.15. The Morgan fingerprint density at radius 3 is 2.80 bits per heavy atom. The number of likely N-dealkylation sites (tertiary alicyclic amines) is 1. The SMILES string of the molecule is CN=C(NCCn1cccn1)N1CCC(c2ccc(OC)cc2)C1.I. The normalized spacial score (nSPS) is 17.3. The van der Waals surface area contributed by atoms with Gasteiger partial charge in [0.1, 0.15) is 5.75 Å². The Morgan fingerprint density at radius 1 is 1.36 bits per heavy atom. The third kappa shape index (κ3) is 5.10. The monoisotopic (exact) mass is 455 g/mol. The molecule has 1 atom stereocenters. The van der Waals surface area contributed by atoms with Crippen molar-refractivity contribution in [1.29, 1.82) is 0 Å². The second-order valence-corrected chi connectivity index (χ2v) is 5.95. The molecule has 7 heteroatoms. The van der Waals surface area contributed by atoms with Crippen LogP contribution in [0.1, 0.15) is 17.9 Å². The van der Waals surface area contributed by atoms with Gasteiger partial charge in [-0.25, -0.2) is 0 Å².